The smallest absolute Gasteiger partial charge is 0.274 e. The van der Waals surface area contributed by atoms with Crippen molar-refractivity contribution in [1.82, 2.24) is 4.98 Å². The van der Waals surface area contributed by atoms with Gasteiger partial charge in [0, 0.05) is 5.39 Å². The normalized spacial score (nSPS) is 10.5. The molecule has 21 heavy (non-hydrogen) atoms. The molecule has 3 aromatic rings. The third-order valence-electron chi connectivity index (χ3n) is 3.29. The maximum atomic E-state index is 12.3. The fourth-order valence-corrected chi connectivity index (χ4v) is 2.17. The number of nitrogens with one attached hydrogen (secondary N) is 1. The Morgan fingerprint density at radius 1 is 1.10 bits per heavy atom. The van der Waals surface area contributed by atoms with Gasteiger partial charge in [0.15, 0.2) is 0 Å². The van der Waals surface area contributed by atoms with Crippen LogP contribution in [0.3, 0.4) is 0 Å². The predicted molar refractivity (Wildman–Crippen MR) is 85.3 cm³/mol. The lowest BCUT2D eigenvalue weighted by Crippen LogP contribution is -2.14. The third-order valence-corrected chi connectivity index (χ3v) is 3.29. The Bertz CT molecular complexity index is 827. The van der Waals surface area contributed by atoms with Crippen molar-refractivity contribution in [2.45, 2.75) is 6.92 Å². The highest BCUT2D eigenvalue weighted by molar-refractivity contribution is 6.05. The van der Waals surface area contributed by atoms with Crippen LogP contribution in [0.1, 0.15) is 16.1 Å². The van der Waals surface area contributed by atoms with Crippen LogP contribution in [0.2, 0.25) is 0 Å². The lowest BCUT2D eigenvalue weighted by atomic mass is 10.2. The summed E-state index contributed by atoms with van der Waals surface area (Å²) in [4.78, 5) is 16.6. The molecule has 0 aliphatic rings. The molecular weight excluding hydrogens is 262 g/mol. The van der Waals surface area contributed by atoms with Gasteiger partial charge in [-0.1, -0.05) is 30.3 Å². The summed E-state index contributed by atoms with van der Waals surface area (Å²) in [6.07, 6.45) is 0. The predicted octanol–water partition coefficient (Wildman–Crippen LogP) is 3.38. The molecule has 4 nitrogen and oxygen atoms in total. The Morgan fingerprint density at radius 3 is 2.71 bits per heavy atom. The molecule has 0 saturated heterocycles. The number of fused-ring (bicyclic) bond motifs is 1. The van der Waals surface area contributed by atoms with E-state index in [9.17, 15) is 4.79 Å². The van der Waals surface area contributed by atoms with Crippen molar-refractivity contribution >= 4 is 28.2 Å². The monoisotopic (exact) mass is 277 g/mol. The number of benzene rings is 2. The Labute approximate surface area is 122 Å². The molecule has 3 N–H and O–H groups in total. The van der Waals surface area contributed by atoms with Crippen molar-refractivity contribution in [2.75, 3.05) is 11.1 Å². The van der Waals surface area contributed by atoms with Crippen LogP contribution in [0.25, 0.3) is 10.9 Å². The molecule has 0 bridgehead atoms. The molecule has 0 atom stereocenters. The van der Waals surface area contributed by atoms with Gasteiger partial charge in [-0.2, -0.15) is 0 Å². The van der Waals surface area contributed by atoms with E-state index in [-0.39, 0.29) is 5.91 Å². The molecule has 0 aliphatic heterocycles. The maximum absolute atomic E-state index is 12.3. The van der Waals surface area contributed by atoms with Gasteiger partial charge in [-0.15, -0.1) is 0 Å². The molecule has 0 aliphatic carbocycles. The first kappa shape index (κ1) is 13.1. The molecule has 3 rings (SSSR count). The number of rotatable bonds is 2. The van der Waals surface area contributed by atoms with Crippen LogP contribution < -0.4 is 11.1 Å². The zero-order valence-corrected chi connectivity index (χ0v) is 11.6. The molecule has 4 heteroatoms. The summed E-state index contributed by atoms with van der Waals surface area (Å²) >= 11 is 0. The van der Waals surface area contributed by atoms with Crippen LogP contribution in [0, 0.1) is 6.92 Å². The van der Waals surface area contributed by atoms with Gasteiger partial charge in [-0.05, 0) is 36.8 Å². The quantitative estimate of drug-likeness (QED) is 0.706. The maximum Gasteiger partial charge on any atom is 0.274 e. The van der Waals surface area contributed by atoms with Crippen molar-refractivity contribution in [3.8, 4) is 0 Å². The second kappa shape index (κ2) is 5.25. The number of carbonyl (C=O) groups excluding carboxylic acids is 1. The van der Waals surface area contributed by atoms with Gasteiger partial charge in [-0.25, -0.2) is 4.98 Å². The van der Waals surface area contributed by atoms with E-state index in [1.54, 1.807) is 12.1 Å². The zero-order valence-electron chi connectivity index (χ0n) is 11.6. The number of carbonyl (C=O) groups is 1. The molecule has 0 fully saturated rings. The number of hydrogen-bond acceptors (Lipinski definition) is 3. The summed E-state index contributed by atoms with van der Waals surface area (Å²) in [6.45, 7) is 1.95. The highest BCUT2D eigenvalue weighted by Gasteiger charge is 2.10. The molecule has 0 saturated carbocycles. The fourth-order valence-electron chi connectivity index (χ4n) is 2.17. The fraction of sp³-hybridized carbons (Fsp3) is 0.0588. The van der Waals surface area contributed by atoms with E-state index in [0.717, 1.165) is 16.5 Å². The third kappa shape index (κ3) is 2.69. The van der Waals surface area contributed by atoms with E-state index >= 15 is 0 Å². The highest BCUT2D eigenvalue weighted by atomic mass is 16.1. The number of nitrogen functional groups attached to an aromatic ring is 1. The first-order valence-electron chi connectivity index (χ1n) is 6.67. The number of aryl methyl sites for hydroxylation is 1. The van der Waals surface area contributed by atoms with Crippen LogP contribution in [-0.4, -0.2) is 10.9 Å². The number of aromatic nitrogens is 1. The Balaban J connectivity index is 1.89. The van der Waals surface area contributed by atoms with E-state index in [2.05, 4.69) is 10.3 Å². The largest absolute Gasteiger partial charge is 0.397 e. The summed E-state index contributed by atoms with van der Waals surface area (Å²) < 4.78 is 0. The van der Waals surface area contributed by atoms with Gasteiger partial charge in [-0.3, -0.25) is 4.79 Å². The molecular formula is C17H15N3O. The Kier molecular flexibility index (Phi) is 3.28. The van der Waals surface area contributed by atoms with Crippen molar-refractivity contribution < 1.29 is 4.79 Å². The molecule has 0 spiro atoms. The number of hydrogen-bond donors (Lipinski definition) is 2. The van der Waals surface area contributed by atoms with Crippen LogP contribution in [0.4, 0.5) is 11.4 Å². The van der Waals surface area contributed by atoms with E-state index in [1.165, 1.54) is 0 Å². The number of amides is 1. The molecule has 0 unspecified atom stereocenters. The van der Waals surface area contributed by atoms with Gasteiger partial charge in [0.2, 0.25) is 0 Å². The van der Waals surface area contributed by atoms with E-state index in [0.29, 0.717) is 17.1 Å². The van der Waals surface area contributed by atoms with E-state index < -0.39 is 0 Å². The zero-order chi connectivity index (χ0) is 14.8. The van der Waals surface area contributed by atoms with Crippen LogP contribution >= 0.6 is 0 Å². The Morgan fingerprint density at radius 2 is 1.90 bits per heavy atom. The number of pyridine rings is 1. The van der Waals surface area contributed by atoms with Gasteiger partial charge >= 0.3 is 0 Å². The number of nitrogens with two attached hydrogens (primary N) is 1. The average molecular weight is 277 g/mol. The minimum absolute atomic E-state index is 0.267. The number of anilines is 2. The van der Waals surface area contributed by atoms with Gasteiger partial charge < -0.3 is 11.1 Å². The minimum Gasteiger partial charge on any atom is -0.397 e. The highest BCUT2D eigenvalue weighted by Crippen LogP contribution is 2.20. The van der Waals surface area contributed by atoms with Gasteiger partial charge in [0.25, 0.3) is 5.91 Å². The molecule has 1 amide bonds. The van der Waals surface area contributed by atoms with Crippen molar-refractivity contribution in [3.63, 3.8) is 0 Å². The molecule has 0 radical (unpaired) electrons. The molecule has 2 aromatic carbocycles. The Hall–Kier alpha value is -2.88. The first-order valence-corrected chi connectivity index (χ1v) is 6.67. The first-order chi connectivity index (χ1) is 10.1. The second-order valence-corrected chi connectivity index (χ2v) is 4.93. The van der Waals surface area contributed by atoms with Gasteiger partial charge in [0.05, 0.1) is 16.9 Å². The van der Waals surface area contributed by atoms with Crippen LogP contribution in [-0.2, 0) is 0 Å². The minimum atomic E-state index is -0.267. The summed E-state index contributed by atoms with van der Waals surface area (Å²) in [5.74, 6) is -0.267. The SMILES string of the molecule is Cc1ccc(NC(=O)c2ccc3ccccc3n2)c(N)c1. The summed E-state index contributed by atoms with van der Waals surface area (Å²) in [5.41, 5.74) is 9.26. The summed E-state index contributed by atoms with van der Waals surface area (Å²) in [7, 11) is 0. The number of para-hydroxylation sites is 1. The van der Waals surface area contributed by atoms with Crippen LogP contribution in [0.15, 0.2) is 54.6 Å². The van der Waals surface area contributed by atoms with Crippen molar-refractivity contribution in [1.29, 1.82) is 0 Å². The van der Waals surface area contributed by atoms with Crippen molar-refractivity contribution in [2.24, 2.45) is 0 Å². The lowest BCUT2D eigenvalue weighted by molar-refractivity contribution is 0.102. The standard InChI is InChI=1S/C17H15N3O/c1-11-6-8-15(13(18)10-11)20-17(21)16-9-7-12-4-2-3-5-14(12)19-16/h2-10H,18H2,1H3,(H,20,21). The lowest BCUT2D eigenvalue weighted by Gasteiger charge is -2.09. The summed E-state index contributed by atoms with van der Waals surface area (Å²) in [6, 6.07) is 16.8. The van der Waals surface area contributed by atoms with E-state index in [4.69, 9.17) is 5.73 Å². The average Bonchev–Trinajstić information content (AvgIpc) is 2.49. The molecule has 1 heterocycles. The molecule has 1 aromatic heterocycles. The topological polar surface area (TPSA) is 68.0 Å². The number of nitrogens with zero attached hydrogens (tertiary/aromatic N) is 1. The second-order valence-electron chi connectivity index (χ2n) is 4.93. The van der Waals surface area contributed by atoms with Gasteiger partial charge in [0.1, 0.15) is 5.69 Å². The summed E-state index contributed by atoms with van der Waals surface area (Å²) in [5, 5.41) is 3.80. The van der Waals surface area contributed by atoms with Crippen LogP contribution in [0.5, 0.6) is 0 Å². The molecule has 104 valence electrons. The van der Waals surface area contributed by atoms with E-state index in [1.807, 2.05) is 49.4 Å². The van der Waals surface area contributed by atoms with Crippen molar-refractivity contribution in [3.05, 3.63) is 65.9 Å².